The fraction of sp³-hybridized carbons (Fsp3) is 0.231. The summed E-state index contributed by atoms with van der Waals surface area (Å²) >= 11 is 1.39. The molecule has 1 fully saturated rings. The molecule has 4 aromatic rings. The molecule has 1 N–H and O–H groups in total. The molecule has 2 amide bonds. The van der Waals surface area contributed by atoms with Crippen LogP contribution in [0.3, 0.4) is 0 Å². The Balaban J connectivity index is 1.24. The second-order valence-electron chi connectivity index (χ2n) is 8.38. The third-order valence-electron chi connectivity index (χ3n) is 6.01. The molecule has 1 aliphatic heterocycles. The number of fused-ring (bicyclic) bond motifs is 1. The van der Waals surface area contributed by atoms with Gasteiger partial charge in [-0.05, 0) is 60.2 Å². The van der Waals surface area contributed by atoms with Crippen LogP contribution in [-0.4, -0.2) is 34.8 Å². The monoisotopic (exact) mass is 461 g/mol. The van der Waals surface area contributed by atoms with E-state index in [2.05, 4.69) is 17.1 Å². The summed E-state index contributed by atoms with van der Waals surface area (Å²) < 4.78 is 13.1. The highest BCUT2D eigenvalue weighted by atomic mass is 32.1. The topological polar surface area (TPSA) is 56.4 Å². The summed E-state index contributed by atoms with van der Waals surface area (Å²) in [7, 11) is 0. The number of hydrogen-bond donors (Lipinski definition) is 1. The number of benzene rings is 2. The van der Waals surface area contributed by atoms with Crippen LogP contribution < -0.4 is 4.90 Å². The first-order chi connectivity index (χ1) is 16.0. The fourth-order valence-electron chi connectivity index (χ4n) is 4.25. The molecule has 3 heterocycles. The molecular formula is C26H24FN3O2S. The average Bonchev–Trinajstić information content (AvgIpc) is 3.50. The van der Waals surface area contributed by atoms with Crippen molar-refractivity contribution in [3.05, 3.63) is 88.2 Å². The molecule has 0 radical (unpaired) electrons. The lowest BCUT2D eigenvalue weighted by Gasteiger charge is -2.17. The number of nitrogens with one attached hydrogen (secondary N) is 1. The van der Waals surface area contributed by atoms with Crippen LogP contribution >= 0.6 is 11.3 Å². The number of para-hydroxylation sites is 1. The second-order valence-corrected chi connectivity index (χ2v) is 9.41. The van der Waals surface area contributed by atoms with Crippen LogP contribution in [-0.2, 0) is 13.0 Å². The number of aromatic nitrogens is 1. The van der Waals surface area contributed by atoms with Gasteiger partial charge in [-0.25, -0.2) is 9.18 Å². The first kappa shape index (κ1) is 21.4. The minimum atomic E-state index is -0.288. The van der Waals surface area contributed by atoms with Gasteiger partial charge in [-0.2, -0.15) is 0 Å². The molecule has 2 aromatic carbocycles. The third-order valence-corrected chi connectivity index (χ3v) is 7.31. The molecule has 5 nitrogen and oxygen atoms in total. The van der Waals surface area contributed by atoms with E-state index in [-0.39, 0.29) is 17.6 Å². The van der Waals surface area contributed by atoms with E-state index in [1.54, 1.807) is 21.9 Å². The van der Waals surface area contributed by atoms with Crippen LogP contribution in [0.1, 0.15) is 32.9 Å². The lowest BCUT2D eigenvalue weighted by atomic mass is 10.1. The van der Waals surface area contributed by atoms with Gasteiger partial charge in [0.25, 0.3) is 0 Å². The van der Waals surface area contributed by atoms with E-state index >= 15 is 0 Å². The van der Waals surface area contributed by atoms with E-state index in [0.717, 1.165) is 32.7 Å². The Bertz CT molecular complexity index is 1290. The summed E-state index contributed by atoms with van der Waals surface area (Å²) in [6.45, 7) is 3.53. The Morgan fingerprint density at radius 2 is 1.88 bits per heavy atom. The van der Waals surface area contributed by atoms with Crippen LogP contribution in [0.4, 0.5) is 14.2 Å². The van der Waals surface area contributed by atoms with Crippen molar-refractivity contribution in [3.63, 3.8) is 0 Å². The number of aromatic amines is 1. The summed E-state index contributed by atoms with van der Waals surface area (Å²) in [5.74, 6) is -0.193. The Labute approximate surface area is 195 Å². The van der Waals surface area contributed by atoms with Crippen molar-refractivity contribution in [1.29, 1.82) is 0 Å². The van der Waals surface area contributed by atoms with Gasteiger partial charge in [0.15, 0.2) is 5.78 Å². The minimum absolute atomic E-state index is 0.0855. The Morgan fingerprint density at radius 3 is 2.67 bits per heavy atom. The van der Waals surface area contributed by atoms with Gasteiger partial charge in [0.1, 0.15) is 5.82 Å². The number of amides is 2. The molecule has 0 saturated carbocycles. The number of hydrogen-bond acceptors (Lipinski definition) is 3. The molecule has 0 atom stereocenters. The average molecular weight is 462 g/mol. The largest absolute Gasteiger partial charge is 0.358 e. The molecule has 0 spiro atoms. The molecule has 168 valence electrons. The smallest absolute Gasteiger partial charge is 0.325 e. The number of thiophene rings is 1. The molecule has 0 aliphatic carbocycles. The Kier molecular flexibility index (Phi) is 5.72. The number of rotatable bonds is 7. The van der Waals surface area contributed by atoms with Crippen LogP contribution in [0, 0.1) is 12.7 Å². The van der Waals surface area contributed by atoms with Crippen LogP contribution in [0.5, 0.6) is 0 Å². The first-order valence-electron chi connectivity index (χ1n) is 11.0. The van der Waals surface area contributed by atoms with E-state index in [0.29, 0.717) is 37.4 Å². The number of halogens is 1. The summed E-state index contributed by atoms with van der Waals surface area (Å²) in [5.41, 5.74) is 3.92. The highest BCUT2D eigenvalue weighted by molar-refractivity contribution is 7.18. The highest BCUT2D eigenvalue weighted by Gasteiger charge is 2.31. The first-order valence-corrected chi connectivity index (χ1v) is 11.8. The van der Waals surface area contributed by atoms with E-state index in [1.807, 2.05) is 31.2 Å². The highest BCUT2D eigenvalue weighted by Crippen LogP contribution is 2.33. The van der Waals surface area contributed by atoms with Crippen molar-refractivity contribution in [2.24, 2.45) is 0 Å². The number of carbonyl (C=O) groups excluding carboxylic acids is 2. The van der Waals surface area contributed by atoms with Gasteiger partial charge in [-0.3, -0.25) is 9.69 Å². The number of H-pyrrole nitrogens is 1. The van der Waals surface area contributed by atoms with Crippen LogP contribution in [0.15, 0.2) is 60.7 Å². The number of aryl methyl sites for hydroxylation is 2. The summed E-state index contributed by atoms with van der Waals surface area (Å²) in [5, 5.41) is 1.94. The zero-order valence-corrected chi connectivity index (χ0v) is 19.1. The number of nitrogens with zero attached hydrogens (tertiary/aromatic N) is 2. The number of ketones is 1. The SMILES string of the molecule is Cc1cc(N2CCN(Cc3ccc(F)cc3)C2=O)sc1C(=O)CCc1cc2ccccc2[nH]1. The molecule has 5 rings (SSSR count). The Morgan fingerprint density at radius 1 is 1.09 bits per heavy atom. The van der Waals surface area contributed by atoms with Crippen molar-refractivity contribution < 1.29 is 14.0 Å². The van der Waals surface area contributed by atoms with Gasteiger partial charge in [0.2, 0.25) is 0 Å². The number of Topliss-reactive ketones (excluding diaryl/α,β-unsaturated/α-hetero) is 1. The molecular weight excluding hydrogens is 437 g/mol. The van der Waals surface area contributed by atoms with E-state index in [1.165, 1.54) is 23.5 Å². The molecule has 1 aliphatic rings. The fourth-order valence-corrected chi connectivity index (χ4v) is 5.41. The zero-order chi connectivity index (χ0) is 22.9. The van der Waals surface area contributed by atoms with Gasteiger partial charge in [0, 0.05) is 37.3 Å². The van der Waals surface area contributed by atoms with Gasteiger partial charge in [-0.1, -0.05) is 30.3 Å². The standard InChI is InChI=1S/C26H24FN3O2S/c1-17-14-24(30-13-12-29(26(30)32)16-18-6-8-20(27)9-7-18)33-25(17)23(31)11-10-21-15-19-4-2-3-5-22(19)28-21/h2-9,14-15,28H,10-13,16H2,1H3. The van der Waals surface area contributed by atoms with Crippen LogP contribution in [0.25, 0.3) is 10.9 Å². The van der Waals surface area contributed by atoms with Crippen molar-refractivity contribution in [1.82, 2.24) is 9.88 Å². The lowest BCUT2D eigenvalue weighted by Crippen LogP contribution is -2.30. The third kappa shape index (κ3) is 4.41. The van der Waals surface area contributed by atoms with Crippen molar-refractivity contribution >= 4 is 39.1 Å². The number of carbonyl (C=O) groups is 2. The van der Waals surface area contributed by atoms with Gasteiger partial charge >= 0.3 is 6.03 Å². The number of urea groups is 1. The summed E-state index contributed by atoms with van der Waals surface area (Å²) in [6.07, 6.45) is 1.06. The quantitative estimate of drug-likeness (QED) is 0.347. The zero-order valence-electron chi connectivity index (χ0n) is 18.3. The molecule has 7 heteroatoms. The van der Waals surface area contributed by atoms with Crippen LogP contribution in [0.2, 0.25) is 0 Å². The molecule has 2 aromatic heterocycles. The Hall–Kier alpha value is -3.45. The predicted octanol–water partition coefficient (Wildman–Crippen LogP) is 5.93. The van der Waals surface area contributed by atoms with E-state index in [9.17, 15) is 14.0 Å². The molecule has 0 unspecified atom stereocenters. The van der Waals surface area contributed by atoms with Crippen molar-refractivity contribution in [3.8, 4) is 0 Å². The van der Waals surface area contributed by atoms with Crippen molar-refractivity contribution in [2.75, 3.05) is 18.0 Å². The maximum atomic E-state index is 13.1. The van der Waals surface area contributed by atoms with E-state index < -0.39 is 0 Å². The predicted molar refractivity (Wildman–Crippen MR) is 130 cm³/mol. The summed E-state index contributed by atoms with van der Waals surface area (Å²) in [4.78, 5) is 33.5. The maximum absolute atomic E-state index is 13.1. The summed E-state index contributed by atoms with van der Waals surface area (Å²) in [6, 6.07) is 18.2. The van der Waals surface area contributed by atoms with Gasteiger partial charge in [-0.15, -0.1) is 11.3 Å². The van der Waals surface area contributed by atoms with E-state index in [4.69, 9.17) is 0 Å². The van der Waals surface area contributed by atoms with Crippen molar-refractivity contribution in [2.45, 2.75) is 26.3 Å². The normalized spacial score (nSPS) is 13.9. The molecule has 1 saturated heterocycles. The van der Waals surface area contributed by atoms with Gasteiger partial charge < -0.3 is 9.88 Å². The number of anilines is 1. The van der Waals surface area contributed by atoms with Gasteiger partial charge in [0.05, 0.1) is 9.88 Å². The molecule has 33 heavy (non-hydrogen) atoms. The maximum Gasteiger partial charge on any atom is 0.325 e. The second kappa shape index (κ2) is 8.83. The minimum Gasteiger partial charge on any atom is -0.358 e. The molecule has 0 bridgehead atoms. The lowest BCUT2D eigenvalue weighted by molar-refractivity contribution is 0.0986.